The maximum absolute atomic E-state index is 12.6. The zero-order valence-corrected chi connectivity index (χ0v) is 17.8. The molecule has 0 spiro atoms. The molecule has 0 radical (unpaired) electrons. The molecular formula is C27H22N2O4. The Bertz CT molecular complexity index is 1300. The molecule has 4 aromatic rings. The molecule has 1 aliphatic carbocycles. The van der Waals surface area contributed by atoms with Crippen LogP contribution in [0.2, 0.25) is 0 Å². The van der Waals surface area contributed by atoms with Crippen LogP contribution in [0.15, 0.2) is 85.1 Å². The van der Waals surface area contributed by atoms with Crippen LogP contribution in [0.4, 0.5) is 4.79 Å². The Morgan fingerprint density at radius 2 is 1.61 bits per heavy atom. The number of aliphatic carboxylic acids is 1. The minimum atomic E-state index is -1.12. The monoisotopic (exact) mass is 438 g/mol. The summed E-state index contributed by atoms with van der Waals surface area (Å²) in [7, 11) is 0. The summed E-state index contributed by atoms with van der Waals surface area (Å²) in [5.41, 5.74) is 6.05. The number of rotatable bonds is 6. The third-order valence-electron chi connectivity index (χ3n) is 6.09. The number of ether oxygens (including phenoxy) is 1. The van der Waals surface area contributed by atoms with Gasteiger partial charge in [0.2, 0.25) is 0 Å². The van der Waals surface area contributed by atoms with Crippen LogP contribution in [0, 0.1) is 0 Å². The number of carboxylic acids is 1. The largest absolute Gasteiger partial charge is 0.480 e. The Hall–Kier alpha value is -4.19. The van der Waals surface area contributed by atoms with Gasteiger partial charge in [-0.05, 0) is 39.9 Å². The van der Waals surface area contributed by atoms with Crippen molar-refractivity contribution >= 4 is 23.0 Å². The van der Waals surface area contributed by atoms with Crippen LogP contribution in [0.5, 0.6) is 0 Å². The van der Waals surface area contributed by atoms with Gasteiger partial charge in [0, 0.05) is 23.9 Å². The molecule has 2 N–H and O–H groups in total. The van der Waals surface area contributed by atoms with Crippen molar-refractivity contribution in [2.24, 2.45) is 0 Å². The zero-order valence-electron chi connectivity index (χ0n) is 17.8. The molecule has 0 bridgehead atoms. The number of fused-ring (bicyclic) bond motifs is 4. The van der Waals surface area contributed by atoms with Gasteiger partial charge < -0.3 is 15.2 Å². The number of carbonyl (C=O) groups excluding carboxylic acids is 1. The van der Waals surface area contributed by atoms with Crippen molar-refractivity contribution in [1.82, 2.24) is 10.3 Å². The smallest absolute Gasteiger partial charge is 0.407 e. The summed E-state index contributed by atoms with van der Waals surface area (Å²) in [6.45, 7) is 0.129. The summed E-state index contributed by atoms with van der Waals surface area (Å²) in [6, 6.07) is 24.2. The maximum Gasteiger partial charge on any atom is 0.407 e. The molecule has 5 rings (SSSR count). The van der Waals surface area contributed by atoms with E-state index in [1.54, 1.807) is 12.3 Å². The van der Waals surface area contributed by atoms with E-state index in [0.29, 0.717) is 0 Å². The first-order valence-corrected chi connectivity index (χ1v) is 10.8. The summed E-state index contributed by atoms with van der Waals surface area (Å²) in [6.07, 6.45) is 1.07. The molecular weight excluding hydrogens is 416 g/mol. The Morgan fingerprint density at radius 3 is 2.30 bits per heavy atom. The normalized spacial score (nSPS) is 13.2. The summed E-state index contributed by atoms with van der Waals surface area (Å²) < 4.78 is 5.52. The highest BCUT2D eigenvalue weighted by atomic mass is 16.5. The van der Waals surface area contributed by atoms with Gasteiger partial charge in [-0.2, -0.15) is 0 Å². The summed E-state index contributed by atoms with van der Waals surface area (Å²) in [5.74, 6) is -1.21. The highest BCUT2D eigenvalue weighted by Gasteiger charge is 2.30. The van der Waals surface area contributed by atoms with E-state index in [4.69, 9.17) is 4.74 Å². The average molecular weight is 438 g/mol. The van der Waals surface area contributed by atoms with E-state index < -0.39 is 18.1 Å². The Balaban J connectivity index is 1.29. The quantitative estimate of drug-likeness (QED) is 0.453. The predicted molar refractivity (Wildman–Crippen MR) is 125 cm³/mol. The van der Waals surface area contributed by atoms with E-state index in [1.165, 1.54) is 0 Å². The molecule has 0 fully saturated rings. The lowest BCUT2D eigenvalue weighted by atomic mass is 9.98. The van der Waals surface area contributed by atoms with E-state index >= 15 is 0 Å². The van der Waals surface area contributed by atoms with Gasteiger partial charge in [-0.1, -0.05) is 66.7 Å². The van der Waals surface area contributed by atoms with Gasteiger partial charge >= 0.3 is 12.1 Å². The van der Waals surface area contributed by atoms with Crippen molar-refractivity contribution in [3.05, 3.63) is 102 Å². The molecule has 1 aromatic heterocycles. The van der Waals surface area contributed by atoms with E-state index in [-0.39, 0.29) is 18.9 Å². The fraction of sp³-hybridized carbons (Fsp3) is 0.148. The number of benzene rings is 3. The molecule has 1 aliphatic rings. The zero-order chi connectivity index (χ0) is 22.8. The Labute approximate surface area is 190 Å². The third kappa shape index (κ3) is 4.03. The first-order valence-electron chi connectivity index (χ1n) is 10.8. The highest BCUT2D eigenvalue weighted by Crippen LogP contribution is 2.44. The number of carbonyl (C=O) groups is 2. The van der Waals surface area contributed by atoms with Crippen molar-refractivity contribution in [3.63, 3.8) is 0 Å². The third-order valence-corrected chi connectivity index (χ3v) is 6.09. The van der Waals surface area contributed by atoms with Crippen LogP contribution in [-0.4, -0.2) is 34.8 Å². The molecule has 33 heavy (non-hydrogen) atoms. The number of carboxylic acid groups (broad SMARTS) is 1. The first-order chi connectivity index (χ1) is 16.1. The molecule has 3 aromatic carbocycles. The van der Waals surface area contributed by atoms with E-state index in [0.717, 1.165) is 38.7 Å². The van der Waals surface area contributed by atoms with Crippen LogP contribution >= 0.6 is 0 Å². The van der Waals surface area contributed by atoms with Crippen molar-refractivity contribution < 1.29 is 19.4 Å². The van der Waals surface area contributed by atoms with Crippen molar-refractivity contribution in [1.29, 1.82) is 0 Å². The second kappa shape index (κ2) is 8.74. The Morgan fingerprint density at radius 1 is 0.909 bits per heavy atom. The predicted octanol–water partition coefficient (Wildman–Crippen LogP) is 4.77. The molecule has 164 valence electrons. The SMILES string of the molecule is O=C(N[C@@H](Cc1cccc2ncccc12)C(=O)O)OCC1c2ccccc2-c2ccccc21. The fourth-order valence-electron chi connectivity index (χ4n) is 4.55. The number of nitrogens with one attached hydrogen (secondary N) is 1. The maximum atomic E-state index is 12.6. The first kappa shape index (κ1) is 20.7. The summed E-state index contributed by atoms with van der Waals surface area (Å²) in [5, 5.41) is 13.1. The van der Waals surface area contributed by atoms with E-state index in [1.807, 2.05) is 60.7 Å². The van der Waals surface area contributed by atoms with Crippen molar-refractivity contribution in [3.8, 4) is 11.1 Å². The lowest BCUT2D eigenvalue weighted by Gasteiger charge is -2.18. The van der Waals surface area contributed by atoms with Gasteiger partial charge in [-0.25, -0.2) is 9.59 Å². The number of amides is 1. The topological polar surface area (TPSA) is 88.5 Å². The summed E-state index contributed by atoms with van der Waals surface area (Å²) >= 11 is 0. The minimum absolute atomic E-state index is 0.0874. The van der Waals surface area contributed by atoms with Gasteiger partial charge in [-0.15, -0.1) is 0 Å². The number of pyridine rings is 1. The van der Waals surface area contributed by atoms with Gasteiger partial charge in [0.25, 0.3) is 0 Å². The number of hydrogen-bond donors (Lipinski definition) is 2. The van der Waals surface area contributed by atoms with Gasteiger partial charge in [0.05, 0.1) is 5.52 Å². The molecule has 0 unspecified atom stereocenters. The molecule has 0 aliphatic heterocycles. The van der Waals surface area contributed by atoms with E-state index in [9.17, 15) is 14.7 Å². The van der Waals surface area contributed by atoms with Crippen LogP contribution in [0.3, 0.4) is 0 Å². The lowest BCUT2D eigenvalue weighted by molar-refractivity contribution is -0.139. The summed E-state index contributed by atoms with van der Waals surface area (Å²) in [4.78, 5) is 28.8. The van der Waals surface area contributed by atoms with Crippen molar-refractivity contribution in [2.45, 2.75) is 18.4 Å². The Kier molecular flexibility index (Phi) is 5.48. The lowest BCUT2D eigenvalue weighted by Crippen LogP contribution is -2.43. The van der Waals surface area contributed by atoms with E-state index in [2.05, 4.69) is 22.4 Å². The van der Waals surface area contributed by atoms with Crippen LogP contribution in [-0.2, 0) is 16.0 Å². The van der Waals surface area contributed by atoms with Gasteiger partial charge in [-0.3, -0.25) is 4.98 Å². The average Bonchev–Trinajstić information content (AvgIpc) is 3.16. The number of aromatic nitrogens is 1. The van der Waals surface area contributed by atoms with Gasteiger partial charge in [0.15, 0.2) is 0 Å². The molecule has 1 heterocycles. The van der Waals surface area contributed by atoms with Crippen molar-refractivity contribution in [2.75, 3.05) is 6.61 Å². The number of alkyl carbamates (subject to hydrolysis) is 1. The second-order valence-electron chi connectivity index (χ2n) is 8.05. The molecule has 0 saturated heterocycles. The molecule has 1 amide bonds. The number of hydrogen-bond acceptors (Lipinski definition) is 4. The molecule has 0 saturated carbocycles. The molecule has 1 atom stereocenters. The molecule has 6 heteroatoms. The van der Waals surface area contributed by atoms with Crippen LogP contribution in [0.25, 0.3) is 22.0 Å². The minimum Gasteiger partial charge on any atom is -0.480 e. The second-order valence-corrected chi connectivity index (χ2v) is 8.05. The van der Waals surface area contributed by atoms with Crippen LogP contribution < -0.4 is 5.32 Å². The van der Waals surface area contributed by atoms with Gasteiger partial charge in [0.1, 0.15) is 12.6 Å². The highest BCUT2D eigenvalue weighted by molar-refractivity contribution is 5.85. The fourth-order valence-corrected chi connectivity index (χ4v) is 4.55. The molecule has 6 nitrogen and oxygen atoms in total. The number of nitrogens with zero attached hydrogens (tertiary/aromatic N) is 1. The standard InChI is InChI=1S/C27H22N2O4/c30-26(31)25(15-17-7-5-13-24-18(17)12-6-14-28-24)29-27(32)33-16-23-21-10-3-1-8-19(21)20-9-2-4-11-22(20)23/h1-14,23,25H,15-16H2,(H,29,32)(H,30,31)/t25-/m0/s1. The van der Waals surface area contributed by atoms with Crippen LogP contribution in [0.1, 0.15) is 22.6 Å².